The lowest BCUT2D eigenvalue weighted by atomic mass is 10.1. The van der Waals surface area contributed by atoms with Crippen LogP contribution in [0.15, 0.2) is 72.8 Å². The Morgan fingerprint density at radius 1 is 0.973 bits per heavy atom. The van der Waals surface area contributed by atoms with Gasteiger partial charge in [-0.25, -0.2) is 4.39 Å². The smallest absolute Gasteiger partial charge is 0.258 e. The van der Waals surface area contributed by atoms with Gasteiger partial charge in [-0.2, -0.15) is 0 Å². The number of morpholine rings is 1. The number of halogens is 1. The molecule has 6 nitrogen and oxygen atoms in total. The predicted molar refractivity (Wildman–Crippen MR) is 143 cm³/mol. The highest BCUT2D eigenvalue weighted by Crippen LogP contribution is 2.23. The van der Waals surface area contributed by atoms with Crippen molar-refractivity contribution in [2.75, 3.05) is 44.3 Å². The van der Waals surface area contributed by atoms with Crippen molar-refractivity contribution in [2.24, 2.45) is 0 Å². The summed E-state index contributed by atoms with van der Waals surface area (Å²) in [6.07, 6.45) is 1.17. The summed E-state index contributed by atoms with van der Waals surface area (Å²) in [4.78, 5) is 30.0. The van der Waals surface area contributed by atoms with Crippen molar-refractivity contribution in [1.82, 2.24) is 10.2 Å². The maximum Gasteiger partial charge on any atom is 0.258 e. The number of hydrogen-bond donors (Lipinski definition) is 1. The van der Waals surface area contributed by atoms with Crippen LogP contribution in [0.5, 0.6) is 0 Å². The Labute approximate surface area is 218 Å². The number of anilines is 1. The second-order valence-electron chi connectivity index (χ2n) is 9.34. The largest absolute Gasteiger partial charge is 0.379 e. The molecule has 1 aliphatic heterocycles. The first-order chi connectivity index (χ1) is 18.0. The van der Waals surface area contributed by atoms with Gasteiger partial charge in [0.05, 0.1) is 26.2 Å². The van der Waals surface area contributed by atoms with Crippen LogP contribution in [0.3, 0.4) is 0 Å². The zero-order valence-corrected chi connectivity index (χ0v) is 21.3. The molecule has 1 heterocycles. The van der Waals surface area contributed by atoms with Crippen molar-refractivity contribution in [3.63, 3.8) is 0 Å². The summed E-state index contributed by atoms with van der Waals surface area (Å²) in [5.74, 6) is -0.525. The van der Waals surface area contributed by atoms with E-state index < -0.39 is 0 Å². The summed E-state index contributed by atoms with van der Waals surface area (Å²) in [6.45, 7) is 7.17. The number of carbonyl (C=O) groups excluding carboxylic acids is 2. The highest BCUT2D eigenvalue weighted by atomic mass is 19.1. The maximum atomic E-state index is 13.8. The average Bonchev–Trinajstić information content (AvgIpc) is 2.91. The van der Waals surface area contributed by atoms with Gasteiger partial charge in [-0.1, -0.05) is 42.5 Å². The van der Waals surface area contributed by atoms with Crippen molar-refractivity contribution >= 4 is 17.5 Å². The van der Waals surface area contributed by atoms with E-state index in [0.29, 0.717) is 23.4 Å². The minimum absolute atomic E-state index is 0.0256. The molecule has 7 heteroatoms. The fraction of sp³-hybridized carbons (Fsp3) is 0.333. The van der Waals surface area contributed by atoms with E-state index in [4.69, 9.17) is 4.74 Å². The molecule has 37 heavy (non-hydrogen) atoms. The van der Waals surface area contributed by atoms with Gasteiger partial charge in [-0.15, -0.1) is 0 Å². The number of benzene rings is 3. The summed E-state index contributed by atoms with van der Waals surface area (Å²) in [5.41, 5.74) is 3.72. The summed E-state index contributed by atoms with van der Waals surface area (Å²) in [5, 5.41) is 3.00. The van der Waals surface area contributed by atoms with Gasteiger partial charge in [-0.05, 0) is 66.9 Å². The average molecular weight is 504 g/mol. The number of carbonyl (C=O) groups is 2. The van der Waals surface area contributed by atoms with Crippen LogP contribution >= 0.6 is 0 Å². The summed E-state index contributed by atoms with van der Waals surface area (Å²) < 4.78 is 19.2. The van der Waals surface area contributed by atoms with Crippen LogP contribution in [0.1, 0.15) is 33.5 Å². The lowest BCUT2D eigenvalue weighted by Gasteiger charge is -2.26. The van der Waals surface area contributed by atoms with Gasteiger partial charge in [0.15, 0.2) is 0 Å². The van der Waals surface area contributed by atoms with Gasteiger partial charge in [0.2, 0.25) is 5.91 Å². The van der Waals surface area contributed by atoms with Crippen LogP contribution in [0.25, 0.3) is 0 Å². The first kappa shape index (κ1) is 26.5. The first-order valence-electron chi connectivity index (χ1n) is 12.8. The van der Waals surface area contributed by atoms with Crippen LogP contribution in [-0.4, -0.2) is 56.1 Å². The van der Waals surface area contributed by atoms with E-state index in [1.54, 1.807) is 23.1 Å². The number of nitrogens with zero attached hydrogens (tertiary/aromatic N) is 2. The molecule has 2 amide bonds. The first-order valence-corrected chi connectivity index (χ1v) is 12.8. The highest BCUT2D eigenvalue weighted by Gasteiger charge is 2.20. The third kappa shape index (κ3) is 7.71. The number of hydrogen-bond acceptors (Lipinski definition) is 4. The predicted octanol–water partition coefficient (Wildman–Crippen LogP) is 4.36. The molecule has 0 spiro atoms. The standard InChI is InChI=1S/C30H34FN3O3/c1-23-6-2-3-9-28(23)30(36)34(22-25-7-4-8-26(31)20-25)27-12-10-24(11-13-27)21-29(35)32-14-5-15-33-16-18-37-19-17-33/h2-4,6-13,20H,5,14-19,21-22H2,1H3,(H,32,35). The molecule has 1 saturated heterocycles. The van der Waals surface area contributed by atoms with Gasteiger partial charge in [0.25, 0.3) is 5.91 Å². The van der Waals surface area contributed by atoms with Gasteiger partial charge >= 0.3 is 0 Å². The van der Waals surface area contributed by atoms with Crippen molar-refractivity contribution in [2.45, 2.75) is 26.3 Å². The number of ether oxygens (including phenoxy) is 1. The number of nitrogens with one attached hydrogen (secondary N) is 1. The number of aryl methyl sites for hydroxylation is 1. The van der Waals surface area contributed by atoms with Crippen molar-refractivity contribution < 1.29 is 18.7 Å². The van der Waals surface area contributed by atoms with Gasteiger partial charge in [-0.3, -0.25) is 14.5 Å². The Hall–Kier alpha value is -3.55. The SMILES string of the molecule is Cc1ccccc1C(=O)N(Cc1cccc(F)c1)c1ccc(CC(=O)NCCCN2CCOCC2)cc1. The lowest BCUT2D eigenvalue weighted by molar-refractivity contribution is -0.120. The van der Waals surface area contributed by atoms with Crippen LogP contribution in [0, 0.1) is 12.7 Å². The van der Waals surface area contributed by atoms with Crippen molar-refractivity contribution in [1.29, 1.82) is 0 Å². The molecule has 194 valence electrons. The molecule has 3 aromatic carbocycles. The van der Waals surface area contributed by atoms with Crippen molar-refractivity contribution in [3.05, 3.63) is 101 Å². The van der Waals surface area contributed by atoms with Crippen molar-refractivity contribution in [3.8, 4) is 0 Å². The molecule has 4 rings (SSSR count). The topological polar surface area (TPSA) is 61.9 Å². The van der Waals surface area contributed by atoms with Crippen LogP contribution in [0.4, 0.5) is 10.1 Å². The maximum absolute atomic E-state index is 13.8. The van der Waals surface area contributed by atoms with Gasteiger partial charge < -0.3 is 15.0 Å². The molecule has 0 saturated carbocycles. The Kier molecular flexibility index (Phi) is 9.40. The van der Waals surface area contributed by atoms with Gasteiger partial charge in [0.1, 0.15) is 5.82 Å². The van der Waals surface area contributed by atoms with Crippen LogP contribution in [0.2, 0.25) is 0 Å². The number of amides is 2. The van der Waals surface area contributed by atoms with E-state index in [1.165, 1.54) is 12.1 Å². The third-order valence-electron chi connectivity index (χ3n) is 6.54. The van der Waals surface area contributed by atoms with Crippen LogP contribution < -0.4 is 10.2 Å². The van der Waals surface area contributed by atoms with E-state index in [1.807, 2.05) is 49.4 Å². The molecule has 0 aromatic heterocycles. The molecular weight excluding hydrogens is 469 g/mol. The molecule has 1 N–H and O–H groups in total. The molecule has 3 aromatic rings. The molecule has 0 radical (unpaired) electrons. The highest BCUT2D eigenvalue weighted by molar-refractivity contribution is 6.07. The fourth-order valence-corrected chi connectivity index (χ4v) is 4.45. The fourth-order valence-electron chi connectivity index (χ4n) is 4.45. The third-order valence-corrected chi connectivity index (χ3v) is 6.54. The minimum atomic E-state index is -0.341. The van der Waals surface area contributed by atoms with E-state index in [2.05, 4.69) is 10.2 Å². The summed E-state index contributed by atoms with van der Waals surface area (Å²) in [7, 11) is 0. The van der Waals surface area contributed by atoms with E-state index >= 15 is 0 Å². The molecule has 0 unspecified atom stereocenters. The molecule has 1 fully saturated rings. The molecule has 0 aliphatic carbocycles. The second kappa shape index (κ2) is 13.1. The van der Waals surface area contributed by atoms with E-state index in [9.17, 15) is 14.0 Å². The minimum Gasteiger partial charge on any atom is -0.379 e. The quantitative estimate of drug-likeness (QED) is 0.418. The number of rotatable bonds is 10. The zero-order valence-electron chi connectivity index (χ0n) is 21.3. The zero-order chi connectivity index (χ0) is 26.0. The Balaban J connectivity index is 1.39. The molecule has 1 aliphatic rings. The van der Waals surface area contributed by atoms with Gasteiger partial charge in [0, 0.05) is 30.9 Å². The lowest BCUT2D eigenvalue weighted by Crippen LogP contribution is -2.38. The van der Waals surface area contributed by atoms with Crippen LogP contribution in [-0.2, 0) is 22.5 Å². The summed E-state index contributed by atoms with van der Waals surface area (Å²) >= 11 is 0. The molecule has 0 atom stereocenters. The molecule has 0 bridgehead atoms. The second-order valence-corrected chi connectivity index (χ2v) is 9.34. The van der Waals surface area contributed by atoms with E-state index in [-0.39, 0.29) is 30.6 Å². The summed E-state index contributed by atoms with van der Waals surface area (Å²) in [6, 6.07) is 21.1. The Morgan fingerprint density at radius 2 is 1.73 bits per heavy atom. The normalized spacial score (nSPS) is 13.8. The molecular formula is C30H34FN3O3. The van der Waals surface area contributed by atoms with E-state index in [0.717, 1.165) is 50.4 Å². The Bertz CT molecular complexity index is 1190. The monoisotopic (exact) mass is 503 g/mol. The Morgan fingerprint density at radius 3 is 2.46 bits per heavy atom.